The van der Waals surface area contributed by atoms with Crippen LogP contribution in [0.2, 0.25) is 0 Å². The maximum Gasteiger partial charge on any atom is 0.407 e. The van der Waals surface area contributed by atoms with Crippen molar-refractivity contribution in [3.63, 3.8) is 0 Å². The third kappa shape index (κ3) is 7.87. The molecule has 14 nitrogen and oxygen atoms in total. The first-order chi connectivity index (χ1) is 27.5. The van der Waals surface area contributed by atoms with Gasteiger partial charge in [-0.2, -0.15) is 0 Å². The monoisotopic (exact) mass is 819 g/mol. The van der Waals surface area contributed by atoms with E-state index in [1.165, 1.54) is 4.90 Å². The molecule has 3 aliphatic carbocycles. The Morgan fingerprint density at radius 1 is 1.07 bits per heavy atom. The molecule has 1 spiro atoms. The molecule has 3 N–H and O–H groups in total. The number of nitrogens with zero attached hydrogens (tertiary/aromatic N) is 2. The van der Waals surface area contributed by atoms with Crippen LogP contribution in [0.25, 0.3) is 10.9 Å². The standard InChI is InChI=1S/C43H57N5O9S/c1-40(2,3)25-56-39(52)45-32-12-10-8-6-7-9-11-27-22-43(27,38(51)47-58(53,54)41(4)19-20-41)46-36(49)33-23-42(24-48(33)37(32)50)18-17-29-30-21-28(55-5)15-16-31(30)44-34(26-13-14-26)35(29)57-42/h9,11,15-16,21,26-27,32-33H,6-8,10,12-14,17-20,22-25H2,1-5H3,(H,45,52)(H,46,49)(H,47,51)/b11-9-/t27-,32+,33+,42-,43-/m1/s1. The summed E-state index contributed by atoms with van der Waals surface area (Å²) in [5, 5.41) is 6.74. The molecule has 15 heteroatoms. The van der Waals surface area contributed by atoms with Crippen molar-refractivity contribution in [1.29, 1.82) is 0 Å². The summed E-state index contributed by atoms with van der Waals surface area (Å²) in [5.74, 6) is -0.579. The van der Waals surface area contributed by atoms with Gasteiger partial charge in [0.15, 0.2) is 0 Å². The molecule has 5 atom stereocenters. The third-order valence-electron chi connectivity index (χ3n) is 12.9. The maximum atomic E-state index is 14.9. The van der Waals surface area contributed by atoms with Gasteiger partial charge in [0.05, 0.1) is 36.2 Å². The number of allylic oxidation sites excluding steroid dienone is 1. The quantitative estimate of drug-likeness (QED) is 0.310. The van der Waals surface area contributed by atoms with Crippen molar-refractivity contribution < 1.29 is 41.8 Å². The number of ether oxygens (including phenoxy) is 3. The summed E-state index contributed by atoms with van der Waals surface area (Å²) in [4.78, 5) is 63.5. The second-order valence-electron chi connectivity index (χ2n) is 19.0. The van der Waals surface area contributed by atoms with Gasteiger partial charge in [-0.05, 0) is 94.7 Å². The lowest BCUT2D eigenvalue weighted by Gasteiger charge is -2.37. The lowest BCUT2D eigenvalue weighted by Crippen LogP contribution is -2.58. The van der Waals surface area contributed by atoms with Crippen molar-refractivity contribution in [2.75, 3.05) is 20.3 Å². The van der Waals surface area contributed by atoms with E-state index in [4.69, 9.17) is 19.2 Å². The van der Waals surface area contributed by atoms with Crippen molar-refractivity contribution >= 4 is 44.7 Å². The molecule has 1 saturated heterocycles. The summed E-state index contributed by atoms with van der Waals surface area (Å²) in [5.41, 5.74) is -0.0249. The summed E-state index contributed by atoms with van der Waals surface area (Å²) >= 11 is 0. The van der Waals surface area contributed by atoms with Crippen LogP contribution in [0.3, 0.4) is 0 Å². The first-order valence-corrected chi connectivity index (χ1v) is 22.4. The largest absolute Gasteiger partial charge is 0.497 e. The number of carbonyl (C=O) groups is 4. The average Bonchev–Trinajstić information content (AvgIpc) is 4.11. The first-order valence-electron chi connectivity index (χ1n) is 20.9. The first kappa shape index (κ1) is 40.4. The predicted molar refractivity (Wildman–Crippen MR) is 216 cm³/mol. The highest BCUT2D eigenvalue weighted by Gasteiger charge is 2.64. The van der Waals surface area contributed by atoms with Gasteiger partial charge in [-0.15, -0.1) is 0 Å². The Morgan fingerprint density at radius 3 is 2.55 bits per heavy atom. The number of carbonyl (C=O) groups excluding carboxylic acids is 4. The highest BCUT2D eigenvalue weighted by atomic mass is 32.2. The van der Waals surface area contributed by atoms with Gasteiger partial charge in [-0.3, -0.25) is 19.1 Å². The SMILES string of the molecule is COc1ccc2nc(C3CC3)c3c(c2c1)CC[C@]1(C[C@H]2C(=O)N[C@]4(C(=O)NS(=O)(=O)C5(C)CC5)C[C@H]4/C=C\CCCCC[C@H](NC(=O)OCC(C)(C)C)C(=O)N2C1)O3. The van der Waals surface area contributed by atoms with Gasteiger partial charge in [-0.25, -0.2) is 18.2 Å². The Hall–Kier alpha value is -4.40. The van der Waals surface area contributed by atoms with Crippen LogP contribution >= 0.6 is 0 Å². The molecule has 3 aliphatic heterocycles. The van der Waals surface area contributed by atoms with Gasteiger partial charge >= 0.3 is 6.09 Å². The Balaban J connectivity index is 1.14. The summed E-state index contributed by atoms with van der Waals surface area (Å²) in [6, 6.07) is 3.76. The van der Waals surface area contributed by atoms with Crippen molar-refractivity contribution in [1.82, 2.24) is 25.2 Å². The number of aryl methyl sites for hydroxylation is 1. The number of methoxy groups -OCH3 is 1. The topological polar surface area (TPSA) is 182 Å². The Labute approximate surface area is 340 Å². The second-order valence-corrected chi connectivity index (χ2v) is 21.2. The fourth-order valence-electron chi connectivity index (χ4n) is 8.76. The molecule has 3 saturated carbocycles. The van der Waals surface area contributed by atoms with E-state index in [9.17, 15) is 27.6 Å². The number of fused-ring (bicyclic) bond motifs is 5. The van der Waals surface area contributed by atoms with Crippen LogP contribution in [0.4, 0.5) is 4.79 Å². The predicted octanol–water partition coefficient (Wildman–Crippen LogP) is 5.32. The summed E-state index contributed by atoms with van der Waals surface area (Å²) in [6.45, 7) is 7.66. The second kappa shape index (κ2) is 14.7. The summed E-state index contributed by atoms with van der Waals surface area (Å²) in [6.07, 6.45) is 10.7. The van der Waals surface area contributed by atoms with Gasteiger partial charge in [0, 0.05) is 29.2 Å². The minimum atomic E-state index is -3.99. The van der Waals surface area contributed by atoms with Gasteiger partial charge < -0.3 is 29.7 Å². The van der Waals surface area contributed by atoms with Gasteiger partial charge in [0.25, 0.3) is 5.91 Å². The van der Waals surface area contributed by atoms with Crippen molar-refractivity contribution in [2.45, 2.75) is 145 Å². The molecule has 4 amide bonds. The van der Waals surface area contributed by atoms with E-state index < -0.39 is 67.7 Å². The highest BCUT2D eigenvalue weighted by Crippen LogP contribution is 2.52. The molecule has 4 fully saturated rings. The van der Waals surface area contributed by atoms with Crippen LogP contribution in [-0.4, -0.2) is 90.3 Å². The molecule has 0 bridgehead atoms. The minimum Gasteiger partial charge on any atom is -0.497 e. The van der Waals surface area contributed by atoms with Crippen molar-refractivity contribution in [2.24, 2.45) is 11.3 Å². The summed E-state index contributed by atoms with van der Waals surface area (Å²) in [7, 11) is -2.37. The van der Waals surface area contributed by atoms with E-state index in [0.717, 1.165) is 47.8 Å². The highest BCUT2D eigenvalue weighted by molar-refractivity contribution is 7.91. The van der Waals surface area contributed by atoms with E-state index in [0.29, 0.717) is 56.4 Å². The van der Waals surface area contributed by atoms with Crippen LogP contribution in [0.15, 0.2) is 30.4 Å². The van der Waals surface area contributed by atoms with Crippen LogP contribution in [0, 0.1) is 11.3 Å². The zero-order valence-electron chi connectivity index (χ0n) is 34.3. The number of aromatic nitrogens is 1. The fourth-order valence-corrected chi connectivity index (χ4v) is 10.1. The maximum absolute atomic E-state index is 14.9. The van der Waals surface area contributed by atoms with Crippen LogP contribution in [0.1, 0.15) is 122 Å². The number of nitrogens with one attached hydrogen (secondary N) is 3. The number of alkyl carbamates (subject to hydrolysis) is 1. The number of pyridine rings is 1. The van der Waals surface area contributed by atoms with Gasteiger partial charge in [-0.1, -0.05) is 45.8 Å². The summed E-state index contributed by atoms with van der Waals surface area (Å²) < 4.78 is 46.0. The molecule has 58 heavy (non-hydrogen) atoms. The van der Waals surface area contributed by atoms with E-state index in [-0.39, 0.29) is 37.3 Å². The normalized spacial score (nSPS) is 30.0. The molecular formula is C43H57N5O9S. The van der Waals surface area contributed by atoms with Gasteiger partial charge in [0.2, 0.25) is 21.8 Å². The number of hydrogen-bond donors (Lipinski definition) is 3. The fraction of sp³-hybridized carbons (Fsp3) is 0.651. The molecule has 2 aromatic rings. The van der Waals surface area contributed by atoms with E-state index in [1.807, 2.05) is 51.1 Å². The minimum absolute atomic E-state index is 0.0636. The number of hydrogen-bond acceptors (Lipinski definition) is 10. The third-order valence-corrected chi connectivity index (χ3v) is 15.1. The zero-order valence-corrected chi connectivity index (χ0v) is 35.1. The van der Waals surface area contributed by atoms with E-state index in [1.54, 1.807) is 14.0 Å². The van der Waals surface area contributed by atoms with Crippen LogP contribution in [0.5, 0.6) is 11.5 Å². The molecule has 1 aromatic heterocycles. The Kier molecular flexibility index (Phi) is 10.2. The lowest BCUT2D eigenvalue weighted by molar-refractivity contribution is -0.141. The number of sulfonamides is 1. The lowest BCUT2D eigenvalue weighted by atomic mass is 9.86. The molecular weight excluding hydrogens is 763 g/mol. The smallest absolute Gasteiger partial charge is 0.407 e. The van der Waals surface area contributed by atoms with Crippen LogP contribution in [-0.2, 0) is 35.6 Å². The molecule has 314 valence electrons. The number of rotatable bonds is 7. The number of benzene rings is 1. The van der Waals surface area contributed by atoms with Crippen LogP contribution < -0.4 is 24.8 Å². The average molecular weight is 820 g/mol. The molecule has 0 unspecified atom stereocenters. The van der Waals surface area contributed by atoms with Gasteiger partial charge in [0.1, 0.15) is 34.7 Å². The molecule has 4 heterocycles. The van der Waals surface area contributed by atoms with E-state index >= 15 is 0 Å². The van der Waals surface area contributed by atoms with Crippen molar-refractivity contribution in [3.8, 4) is 11.5 Å². The molecule has 8 rings (SSSR count). The molecule has 6 aliphatic rings. The molecule has 1 aromatic carbocycles. The Bertz CT molecular complexity index is 2160. The zero-order chi connectivity index (χ0) is 41.3. The van der Waals surface area contributed by atoms with Crippen molar-refractivity contribution in [3.05, 3.63) is 41.6 Å². The number of amides is 4. The van der Waals surface area contributed by atoms with E-state index in [2.05, 4.69) is 15.4 Å². The Morgan fingerprint density at radius 2 is 1.84 bits per heavy atom. The molecule has 0 radical (unpaired) electrons.